The summed E-state index contributed by atoms with van der Waals surface area (Å²) in [5.74, 6) is 0.933. The maximum Gasteiger partial charge on any atom is 0.223 e. The molecule has 3 heterocycles. The Hall–Kier alpha value is -2.47. The van der Waals surface area contributed by atoms with Crippen molar-refractivity contribution in [3.8, 4) is 0 Å². The number of carbonyl (C=O) groups is 2. The fourth-order valence-corrected chi connectivity index (χ4v) is 4.39. The summed E-state index contributed by atoms with van der Waals surface area (Å²) in [5.41, 5.74) is 1.91. The Morgan fingerprint density at radius 2 is 2.08 bits per heavy atom. The molecule has 4 rings (SSSR count). The highest BCUT2D eigenvalue weighted by atomic mass is 32.1. The number of aromatic amines is 1. The van der Waals surface area contributed by atoms with E-state index in [2.05, 4.69) is 9.97 Å². The number of Topliss-reactive ketones (excluding diaryl/α,β-unsaturated/α-hetero) is 1. The van der Waals surface area contributed by atoms with Crippen molar-refractivity contribution in [2.24, 2.45) is 0 Å². The molecule has 0 aliphatic carbocycles. The molecule has 1 aliphatic heterocycles. The zero-order chi connectivity index (χ0) is 18.1. The van der Waals surface area contributed by atoms with E-state index in [0.29, 0.717) is 0 Å². The lowest BCUT2D eigenvalue weighted by molar-refractivity contribution is -0.132. The van der Waals surface area contributed by atoms with Crippen molar-refractivity contribution >= 4 is 34.1 Å². The number of likely N-dealkylation sites (tertiary alicyclic amines) is 1. The van der Waals surface area contributed by atoms with Gasteiger partial charge in [-0.05, 0) is 44.0 Å². The average molecular weight is 367 g/mol. The van der Waals surface area contributed by atoms with Crippen LogP contribution in [-0.4, -0.2) is 33.1 Å². The molecule has 1 saturated heterocycles. The predicted molar refractivity (Wildman–Crippen MR) is 102 cm³/mol. The molecule has 1 unspecified atom stereocenters. The van der Waals surface area contributed by atoms with Crippen LogP contribution >= 0.6 is 11.3 Å². The molecule has 1 N–H and O–H groups in total. The largest absolute Gasteiger partial charge is 0.340 e. The van der Waals surface area contributed by atoms with Crippen LogP contribution in [0.2, 0.25) is 0 Å². The quantitative estimate of drug-likeness (QED) is 0.685. The van der Waals surface area contributed by atoms with Crippen LogP contribution in [0.5, 0.6) is 0 Å². The van der Waals surface area contributed by atoms with Crippen LogP contribution < -0.4 is 0 Å². The van der Waals surface area contributed by atoms with Gasteiger partial charge in [-0.15, -0.1) is 11.3 Å². The molecule has 26 heavy (non-hydrogen) atoms. The summed E-state index contributed by atoms with van der Waals surface area (Å²) in [5, 5.41) is 0. The van der Waals surface area contributed by atoms with E-state index in [1.807, 2.05) is 48.2 Å². The number of hydrogen-bond acceptors (Lipinski definition) is 4. The number of fused-ring (bicyclic) bond motifs is 1. The second-order valence-corrected chi connectivity index (χ2v) is 8.01. The fourth-order valence-electron chi connectivity index (χ4n) is 3.55. The molecule has 0 bridgehead atoms. The molecule has 6 heteroatoms. The number of aromatic nitrogens is 2. The van der Waals surface area contributed by atoms with Gasteiger partial charge in [-0.2, -0.15) is 0 Å². The lowest BCUT2D eigenvalue weighted by Crippen LogP contribution is -2.31. The Labute approximate surface area is 156 Å². The number of nitrogens with zero attached hydrogens (tertiary/aromatic N) is 2. The number of nitrogens with one attached hydrogen (secondary N) is 1. The number of thiophene rings is 1. The lowest BCUT2D eigenvalue weighted by atomic mass is 10.1. The zero-order valence-electron chi connectivity index (χ0n) is 14.7. The number of H-pyrrole nitrogens is 1. The zero-order valence-corrected chi connectivity index (χ0v) is 15.5. The van der Waals surface area contributed by atoms with Crippen LogP contribution in [0.25, 0.3) is 11.0 Å². The molecule has 1 aliphatic rings. The number of ketones is 1. The summed E-state index contributed by atoms with van der Waals surface area (Å²) < 4.78 is 0. The third-order valence-corrected chi connectivity index (χ3v) is 5.92. The van der Waals surface area contributed by atoms with Crippen molar-refractivity contribution in [2.75, 3.05) is 6.54 Å². The first-order chi connectivity index (χ1) is 12.6. The van der Waals surface area contributed by atoms with Crippen LogP contribution in [0.15, 0.2) is 36.4 Å². The first-order valence-electron chi connectivity index (χ1n) is 8.95. The van der Waals surface area contributed by atoms with Crippen molar-refractivity contribution in [1.82, 2.24) is 14.9 Å². The van der Waals surface area contributed by atoms with Crippen molar-refractivity contribution < 1.29 is 9.59 Å². The third kappa shape index (κ3) is 3.29. The van der Waals surface area contributed by atoms with E-state index in [-0.39, 0.29) is 30.6 Å². The van der Waals surface area contributed by atoms with Gasteiger partial charge in [-0.3, -0.25) is 9.59 Å². The molecule has 0 spiro atoms. The van der Waals surface area contributed by atoms with Gasteiger partial charge in [0.2, 0.25) is 5.91 Å². The fraction of sp³-hybridized carbons (Fsp3) is 0.350. The number of hydrogen-bond donors (Lipinski definition) is 1. The average Bonchev–Trinajstić information content (AvgIpc) is 3.36. The Kier molecular flexibility index (Phi) is 4.59. The van der Waals surface area contributed by atoms with E-state index >= 15 is 0 Å². The molecule has 0 radical (unpaired) electrons. The highest BCUT2D eigenvalue weighted by Crippen LogP contribution is 2.32. The lowest BCUT2D eigenvalue weighted by Gasteiger charge is -2.23. The molecule has 2 aromatic heterocycles. The van der Waals surface area contributed by atoms with Crippen molar-refractivity contribution in [3.05, 3.63) is 52.0 Å². The summed E-state index contributed by atoms with van der Waals surface area (Å²) in [4.78, 5) is 36.7. The molecular weight excluding hydrogens is 346 g/mol. The highest BCUT2D eigenvalue weighted by molar-refractivity contribution is 7.14. The number of imidazole rings is 1. The summed E-state index contributed by atoms with van der Waals surface area (Å²) in [6, 6.07) is 11.7. The highest BCUT2D eigenvalue weighted by Gasteiger charge is 2.32. The third-order valence-electron chi connectivity index (χ3n) is 4.88. The minimum Gasteiger partial charge on any atom is -0.340 e. The molecule has 1 fully saturated rings. The second kappa shape index (κ2) is 7.03. The smallest absolute Gasteiger partial charge is 0.223 e. The summed E-state index contributed by atoms with van der Waals surface area (Å²) in [6.07, 6.45) is 2.39. The number of benzene rings is 1. The molecule has 1 amide bonds. The van der Waals surface area contributed by atoms with Gasteiger partial charge >= 0.3 is 0 Å². The first kappa shape index (κ1) is 17.0. The number of rotatable bonds is 5. The van der Waals surface area contributed by atoms with Crippen molar-refractivity contribution in [3.63, 3.8) is 0 Å². The second-order valence-electron chi connectivity index (χ2n) is 6.72. The monoisotopic (exact) mass is 367 g/mol. The number of aryl methyl sites for hydroxylation is 1. The first-order valence-corrected chi connectivity index (χ1v) is 9.77. The van der Waals surface area contributed by atoms with E-state index in [1.54, 1.807) is 0 Å². The summed E-state index contributed by atoms with van der Waals surface area (Å²) in [7, 11) is 0. The molecular formula is C20H21N3O2S. The molecule has 0 saturated carbocycles. The van der Waals surface area contributed by atoms with Gasteiger partial charge in [0.05, 0.1) is 22.0 Å². The van der Waals surface area contributed by atoms with E-state index in [0.717, 1.165) is 46.0 Å². The van der Waals surface area contributed by atoms with E-state index < -0.39 is 0 Å². The van der Waals surface area contributed by atoms with Gasteiger partial charge in [0.1, 0.15) is 5.82 Å². The van der Waals surface area contributed by atoms with Gasteiger partial charge in [-0.1, -0.05) is 12.1 Å². The van der Waals surface area contributed by atoms with Gasteiger partial charge in [0.15, 0.2) is 5.78 Å². The molecule has 1 aromatic carbocycles. The van der Waals surface area contributed by atoms with Gasteiger partial charge < -0.3 is 9.88 Å². The minimum atomic E-state index is -0.0195. The molecule has 3 aromatic rings. The number of carbonyl (C=O) groups excluding carboxylic acids is 2. The SMILES string of the molecule is Cc1ccc(C(=O)CCC(=O)N2CCCC2c2nc3ccccc3[nH]2)s1. The molecule has 1 atom stereocenters. The maximum atomic E-state index is 12.7. The Morgan fingerprint density at radius 1 is 1.23 bits per heavy atom. The van der Waals surface area contributed by atoms with Crippen LogP contribution in [-0.2, 0) is 4.79 Å². The van der Waals surface area contributed by atoms with Gasteiger partial charge in [-0.25, -0.2) is 4.98 Å². The van der Waals surface area contributed by atoms with Crippen molar-refractivity contribution in [1.29, 1.82) is 0 Å². The van der Waals surface area contributed by atoms with Crippen LogP contribution in [0.4, 0.5) is 0 Å². The van der Waals surface area contributed by atoms with Gasteiger partial charge in [0, 0.05) is 24.3 Å². The van der Waals surface area contributed by atoms with E-state index in [9.17, 15) is 9.59 Å². The summed E-state index contributed by atoms with van der Waals surface area (Å²) >= 11 is 1.49. The van der Waals surface area contributed by atoms with Crippen LogP contribution in [0.1, 0.15) is 52.1 Å². The minimum absolute atomic E-state index is 0.0195. The standard InChI is InChI=1S/C20H21N3O2S/c1-13-8-10-18(26-13)17(24)9-11-19(25)23-12-4-7-16(23)20-21-14-5-2-3-6-15(14)22-20/h2-3,5-6,8,10,16H,4,7,9,11-12H2,1H3,(H,21,22). The molecule has 5 nitrogen and oxygen atoms in total. The Bertz CT molecular complexity index is 926. The van der Waals surface area contributed by atoms with Crippen LogP contribution in [0, 0.1) is 6.92 Å². The molecule has 134 valence electrons. The van der Waals surface area contributed by atoms with Crippen LogP contribution in [0.3, 0.4) is 0 Å². The number of amides is 1. The van der Waals surface area contributed by atoms with E-state index in [1.165, 1.54) is 11.3 Å². The Morgan fingerprint density at radius 3 is 2.85 bits per heavy atom. The predicted octanol–water partition coefficient (Wildman–Crippen LogP) is 4.26. The van der Waals surface area contributed by atoms with Gasteiger partial charge in [0.25, 0.3) is 0 Å². The maximum absolute atomic E-state index is 12.7. The normalized spacial score (nSPS) is 17.1. The summed E-state index contributed by atoms with van der Waals surface area (Å²) in [6.45, 7) is 2.71. The van der Waals surface area contributed by atoms with E-state index in [4.69, 9.17) is 0 Å². The van der Waals surface area contributed by atoms with Crippen molar-refractivity contribution in [2.45, 2.75) is 38.6 Å². The topological polar surface area (TPSA) is 66.1 Å². The number of para-hydroxylation sites is 2. The Balaban J connectivity index is 1.44.